The van der Waals surface area contributed by atoms with Crippen molar-refractivity contribution in [1.29, 1.82) is 0 Å². The Labute approximate surface area is 279 Å². The van der Waals surface area contributed by atoms with Gasteiger partial charge in [-0.05, 0) is 56.3 Å². The zero-order chi connectivity index (χ0) is 31.9. The minimum atomic E-state index is 0.585. The van der Waals surface area contributed by atoms with Gasteiger partial charge in [0.1, 0.15) is 12.4 Å². The summed E-state index contributed by atoms with van der Waals surface area (Å²) in [5.41, 5.74) is 10.9. The number of aromatic nitrogens is 3. The molecule has 48 heavy (non-hydrogen) atoms. The van der Waals surface area contributed by atoms with Crippen LogP contribution in [0.2, 0.25) is 0 Å². The first-order valence-electron chi connectivity index (χ1n) is 16.1. The van der Waals surface area contributed by atoms with Gasteiger partial charge in [0.25, 0.3) is 0 Å². The van der Waals surface area contributed by atoms with Crippen molar-refractivity contribution in [3.63, 3.8) is 0 Å². The van der Waals surface area contributed by atoms with E-state index in [-0.39, 0.29) is 0 Å². The second kappa shape index (κ2) is 11.8. The van der Waals surface area contributed by atoms with Crippen LogP contribution in [0.25, 0.3) is 78.3 Å². The molecule has 0 spiro atoms. The van der Waals surface area contributed by atoms with Gasteiger partial charge in [0.15, 0.2) is 17.5 Å². The van der Waals surface area contributed by atoms with E-state index in [0.717, 1.165) is 50.1 Å². The van der Waals surface area contributed by atoms with Crippen LogP contribution in [0.15, 0.2) is 164 Å². The maximum Gasteiger partial charge on any atom is 0.164 e. The lowest BCUT2D eigenvalue weighted by atomic mass is 9.89. The summed E-state index contributed by atoms with van der Waals surface area (Å²) in [6.07, 6.45) is 0. The summed E-state index contributed by atoms with van der Waals surface area (Å²) in [5.74, 6) is 2.82. The van der Waals surface area contributed by atoms with E-state index in [1.165, 1.54) is 22.1 Å². The Balaban J connectivity index is 1.14. The molecule has 1 aliphatic rings. The maximum atomic E-state index is 6.15. The largest absolute Gasteiger partial charge is 0.488 e. The van der Waals surface area contributed by atoms with Crippen molar-refractivity contribution in [2.75, 3.05) is 0 Å². The molecule has 9 rings (SSSR count). The van der Waals surface area contributed by atoms with Gasteiger partial charge in [-0.25, -0.2) is 15.0 Å². The van der Waals surface area contributed by atoms with Crippen LogP contribution in [0, 0.1) is 0 Å². The molecule has 0 unspecified atom stereocenters. The smallest absolute Gasteiger partial charge is 0.164 e. The second-order valence-electron chi connectivity index (χ2n) is 12.0. The molecule has 1 aromatic heterocycles. The number of benzene rings is 7. The van der Waals surface area contributed by atoms with Gasteiger partial charge in [0.2, 0.25) is 0 Å². The topological polar surface area (TPSA) is 47.9 Å². The molecule has 0 radical (unpaired) electrons. The molecule has 0 fully saturated rings. The molecule has 0 aliphatic carbocycles. The Morgan fingerprint density at radius 2 is 0.917 bits per heavy atom. The van der Waals surface area contributed by atoms with Crippen molar-refractivity contribution in [3.8, 4) is 73.3 Å². The van der Waals surface area contributed by atoms with Crippen LogP contribution in [0.3, 0.4) is 0 Å². The average molecular weight is 616 g/mol. The molecule has 0 N–H and O–H groups in total. The third kappa shape index (κ3) is 5.10. The highest BCUT2D eigenvalue weighted by atomic mass is 16.5. The first-order valence-corrected chi connectivity index (χ1v) is 16.1. The first-order chi connectivity index (χ1) is 23.8. The fourth-order valence-corrected chi connectivity index (χ4v) is 6.55. The van der Waals surface area contributed by atoms with Crippen LogP contribution in [0.4, 0.5) is 0 Å². The van der Waals surface area contributed by atoms with Crippen molar-refractivity contribution in [1.82, 2.24) is 15.0 Å². The molecule has 0 atom stereocenters. The lowest BCUT2D eigenvalue weighted by Gasteiger charge is -2.23. The molecule has 0 saturated carbocycles. The molecule has 226 valence electrons. The monoisotopic (exact) mass is 615 g/mol. The molecule has 0 bridgehead atoms. The van der Waals surface area contributed by atoms with Gasteiger partial charge < -0.3 is 4.74 Å². The van der Waals surface area contributed by atoms with Crippen LogP contribution in [-0.4, -0.2) is 15.0 Å². The van der Waals surface area contributed by atoms with E-state index in [1.54, 1.807) is 0 Å². The quantitative estimate of drug-likeness (QED) is 0.193. The molecule has 2 heterocycles. The van der Waals surface area contributed by atoms with Crippen molar-refractivity contribution < 1.29 is 4.74 Å². The maximum absolute atomic E-state index is 6.15. The van der Waals surface area contributed by atoms with Crippen molar-refractivity contribution in [3.05, 3.63) is 169 Å². The van der Waals surface area contributed by atoms with Gasteiger partial charge in [0.05, 0.1) is 0 Å². The van der Waals surface area contributed by atoms with E-state index in [9.17, 15) is 0 Å². The molecule has 0 amide bonds. The molecule has 7 aromatic carbocycles. The van der Waals surface area contributed by atoms with E-state index in [0.29, 0.717) is 24.1 Å². The Morgan fingerprint density at radius 3 is 1.67 bits per heavy atom. The molecule has 4 heteroatoms. The molecule has 1 aliphatic heterocycles. The Morgan fingerprint density at radius 1 is 0.375 bits per heavy atom. The van der Waals surface area contributed by atoms with Crippen LogP contribution >= 0.6 is 0 Å². The van der Waals surface area contributed by atoms with Crippen LogP contribution in [0.5, 0.6) is 5.75 Å². The van der Waals surface area contributed by atoms with Crippen LogP contribution < -0.4 is 4.74 Å². The predicted octanol–water partition coefficient (Wildman–Crippen LogP) is 10.9. The van der Waals surface area contributed by atoms with Gasteiger partial charge in [-0.3, -0.25) is 0 Å². The number of rotatable bonds is 5. The van der Waals surface area contributed by atoms with Crippen LogP contribution in [0.1, 0.15) is 5.56 Å². The van der Waals surface area contributed by atoms with E-state index < -0.39 is 0 Å². The van der Waals surface area contributed by atoms with E-state index in [2.05, 4.69) is 158 Å². The standard InChI is InChI=1S/C44H29N3O/c1-2-9-29(10-3-1)31-17-22-33(23-18-31)42-45-43(47-44(46-42)36-26-19-30-11-4-5-12-35(30)27-36)34-24-20-32(21-25-34)38-15-8-16-40-41(38)39-14-7-6-13-37(39)28-48-40/h1-27H,28H2. The van der Waals surface area contributed by atoms with Crippen LogP contribution in [-0.2, 0) is 6.61 Å². The molecular weight excluding hydrogens is 587 g/mol. The van der Waals surface area contributed by atoms with Crippen molar-refractivity contribution >= 4 is 10.8 Å². The van der Waals surface area contributed by atoms with E-state index >= 15 is 0 Å². The number of fused-ring (bicyclic) bond motifs is 4. The Bertz CT molecular complexity index is 2440. The van der Waals surface area contributed by atoms with Crippen molar-refractivity contribution in [2.24, 2.45) is 0 Å². The number of hydrogen-bond donors (Lipinski definition) is 0. The lowest BCUT2D eigenvalue weighted by Crippen LogP contribution is -2.06. The normalized spacial score (nSPS) is 11.8. The molecule has 4 nitrogen and oxygen atoms in total. The van der Waals surface area contributed by atoms with Crippen molar-refractivity contribution in [2.45, 2.75) is 6.61 Å². The highest BCUT2D eigenvalue weighted by molar-refractivity contribution is 5.90. The van der Waals surface area contributed by atoms with Gasteiger partial charge in [-0.2, -0.15) is 0 Å². The van der Waals surface area contributed by atoms with Gasteiger partial charge in [0, 0.05) is 22.3 Å². The van der Waals surface area contributed by atoms with Gasteiger partial charge in [-0.15, -0.1) is 0 Å². The lowest BCUT2D eigenvalue weighted by molar-refractivity contribution is 0.302. The number of ether oxygens (including phenoxy) is 1. The van der Waals surface area contributed by atoms with Gasteiger partial charge in [-0.1, -0.05) is 152 Å². The summed E-state index contributed by atoms with van der Waals surface area (Å²) in [6, 6.07) is 56.8. The zero-order valence-corrected chi connectivity index (χ0v) is 26.0. The summed E-state index contributed by atoms with van der Waals surface area (Å²) in [7, 11) is 0. The average Bonchev–Trinajstić information content (AvgIpc) is 3.17. The minimum Gasteiger partial charge on any atom is -0.488 e. The summed E-state index contributed by atoms with van der Waals surface area (Å²) in [6.45, 7) is 0.585. The SMILES string of the molecule is c1ccc(-c2ccc(-c3nc(-c4ccc(-c5cccc6c5-c5ccccc5CO6)cc4)nc(-c4ccc5ccccc5c4)n3)cc2)cc1. The minimum absolute atomic E-state index is 0.585. The highest BCUT2D eigenvalue weighted by Gasteiger charge is 2.21. The van der Waals surface area contributed by atoms with E-state index in [1.807, 2.05) is 6.07 Å². The Hall–Kier alpha value is -6.39. The molecule has 8 aromatic rings. The number of hydrogen-bond acceptors (Lipinski definition) is 4. The summed E-state index contributed by atoms with van der Waals surface area (Å²) in [4.78, 5) is 15.1. The summed E-state index contributed by atoms with van der Waals surface area (Å²) >= 11 is 0. The summed E-state index contributed by atoms with van der Waals surface area (Å²) in [5, 5.41) is 2.32. The third-order valence-corrected chi connectivity index (χ3v) is 9.04. The summed E-state index contributed by atoms with van der Waals surface area (Å²) < 4.78 is 6.15. The Kier molecular flexibility index (Phi) is 6.83. The fraction of sp³-hybridized carbons (Fsp3) is 0.0227. The predicted molar refractivity (Wildman–Crippen MR) is 194 cm³/mol. The second-order valence-corrected chi connectivity index (χ2v) is 12.0. The first kappa shape index (κ1) is 27.9. The molecule has 0 saturated heterocycles. The zero-order valence-electron chi connectivity index (χ0n) is 26.0. The fourth-order valence-electron chi connectivity index (χ4n) is 6.55. The highest BCUT2D eigenvalue weighted by Crippen LogP contribution is 2.44. The third-order valence-electron chi connectivity index (χ3n) is 9.04. The molecular formula is C44H29N3O. The van der Waals surface area contributed by atoms with E-state index in [4.69, 9.17) is 19.7 Å². The number of nitrogens with zero attached hydrogens (tertiary/aromatic N) is 3. The van der Waals surface area contributed by atoms with Gasteiger partial charge >= 0.3 is 0 Å².